The van der Waals surface area contributed by atoms with Gasteiger partial charge >= 0.3 is 5.97 Å². The quantitative estimate of drug-likeness (QED) is 0.799. The van der Waals surface area contributed by atoms with E-state index in [1.54, 1.807) is 31.3 Å². The fourth-order valence-electron chi connectivity index (χ4n) is 3.55. The van der Waals surface area contributed by atoms with Crippen LogP contribution in [0.25, 0.3) is 0 Å². The molecule has 0 spiro atoms. The third-order valence-corrected chi connectivity index (χ3v) is 5.03. The maximum absolute atomic E-state index is 13.2. The van der Waals surface area contributed by atoms with Gasteiger partial charge in [0.15, 0.2) is 0 Å². The summed E-state index contributed by atoms with van der Waals surface area (Å²) in [7, 11) is 1.59. The van der Waals surface area contributed by atoms with Crippen LogP contribution in [0.4, 0.5) is 4.39 Å². The van der Waals surface area contributed by atoms with E-state index >= 15 is 0 Å². The second kappa shape index (κ2) is 8.21. The number of rotatable bonds is 6. The molecule has 0 radical (unpaired) electrons. The Hall–Kier alpha value is -3.22. The number of hydrogen-bond donors (Lipinski definition) is 2. The van der Waals surface area contributed by atoms with Crippen molar-refractivity contribution in [3.63, 3.8) is 0 Å². The standard InChI is InChI=1S/C21H21FN2O4/c1-24-18(25)12-16(19(24)14-7-9-15(22)10-8-14)20(26)23-17(21(27)28)11-13-5-3-2-4-6-13/h2-10,16-17,19H,11-12H2,1H3,(H,23,26)(H,27,28). The summed E-state index contributed by atoms with van der Waals surface area (Å²) in [5.74, 6) is -3.03. The summed E-state index contributed by atoms with van der Waals surface area (Å²) in [5, 5.41) is 12.1. The van der Waals surface area contributed by atoms with E-state index < -0.39 is 35.7 Å². The summed E-state index contributed by atoms with van der Waals surface area (Å²) in [6, 6.07) is 12.9. The summed E-state index contributed by atoms with van der Waals surface area (Å²) in [4.78, 5) is 38.2. The van der Waals surface area contributed by atoms with Crippen LogP contribution in [-0.4, -0.2) is 40.9 Å². The molecule has 2 amide bonds. The molecular formula is C21H21FN2O4. The lowest BCUT2D eigenvalue weighted by Crippen LogP contribution is -2.45. The first-order chi connectivity index (χ1) is 13.4. The molecule has 1 aliphatic rings. The topological polar surface area (TPSA) is 86.7 Å². The van der Waals surface area contributed by atoms with Gasteiger partial charge in [0, 0.05) is 19.9 Å². The highest BCUT2D eigenvalue weighted by atomic mass is 19.1. The number of nitrogens with one attached hydrogen (secondary N) is 1. The number of aliphatic carboxylic acids is 1. The van der Waals surface area contributed by atoms with Gasteiger partial charge in [-0.1, -0.05) is 42.5 Å². The minimum atomic E-state index is -1.15. The van der Waals surface area contributed by atoms with Gasteiger partial charge in [-0.15, -0.1) is 0 Å². The molecule has 2 aromatic rings. The third-order valence-electron chi connectivity index (χ3n) is 5.03. The summed E-state index contributed by atoms with van der Waals surface area (Å²) in [6.45, 7) is 0. The highest BCUT2D eigenvalue weighted by molar-refractivity contribution is 5.92. The van der Waals surface area contributed by atoms with Crippen LogP contribution < -0.4 is 5.32 Å². The average Bonchev–Trinajstić information content (AvgIpc) is 2.97. The zero-order chi connectivity index (χ0) is 20.3. The smallest absolute Gasteiger partial charge is 0.326 e. The van der Waals surface area contributed by atoms with Crippen molar-refractivity contribution >= 4 is 17.8 Å². The van der Waals surface area contributed by atoms with E-state index in [1.165, 1.54) is 29.2 Å². The van der Waals surface area contributed by atoms with E-state index in [2.05, 4.69) is 5.32 Å². The first-order valence-electron chi connectivity index (χ1n) is 8.95. The van der Waals surface area contributed by atoms with Crippen LogP contribution in [0, 0.1) is 11.7 Å². The monoisotopic (exact) mass is 384 g/mol. The minimum absolute atomic E-state index is 0.0257. The molecule has 3 rings (SSSR count). The van der Waals surface area contributed by atoms with Gasteiger partial charge in [-0.25, -0.2) is 9.18 Å². The molecule has 1 fully saturated rings. The summed E-state index contributed by atoms with van der Waals surface area (Å²) < 4.78 is 13.2. The van der Waals surface area contributed by atoms with Crippen LogP contribution in [0.2, 0.25) is 0 Å². The van der Waals surface area contributed by atoms with Crippen LogP contribution >= 0.6 is 0 Å². The molecule has 2 N–H and O–H groups in total. The Balaban J connectivity index is 1.79. The normalized spacial score (nSPS) is 20.1. The highest BCUT2D eigenvalue weighted by Gasteiger charge is 2.43. The summed E-state index contributed by atoms with van der Waals surface area (Å²) in [5.41, 5.74) is 1.41. The Kier molecular flexibility index (Phi) is 5.73. The van der Waals surface area contributed by atoms with Gasteiger partial charge in [0.05, 0.1) is 12.0 Å². The number of hydrogen-bond acceptors (Lipinski definition) is 3. The first kappa shape index (κ1) is 19.5. The molecular weight excluding hydrogens is 363 g/mol. The second-order valence-corrected chi connectivity index (χ2v) is 6.90. The molecule has 0 aromatic heterocycles. The Morgan fingerprint density at radius 1 is 1.18 bits per heavy atom. The molecule has 1 aliphatic heterocycles. The molecule has 6 nitrogen and oxygen atoms in total. The van der Waals surface area contributed by atoms with Crippen LogP contribution in [0.1, 0.15) is 23.6 Å². The first-order valence-corrected chi connectivity index (χ1v) is 8.95. The molecule has 2 aromatic carbocycles. The van der Waals surface area contributed by atoms with E-state index in [9.17, 15) is 23.9 Å². The molecule has 146 valence electrons. The third kappa shape index (κ3) is 4.19. The number of likely N-dealkylation sites (tertiary alicyclic amines) is 1. The van der Waals surface area contributed by atoms with Gasteiger partial charge in [0.2, 0.25) is 11.8 Å². The number of amides is 2. The van der Waals surface area contributed by atoms with Crippen molar-refractivity contribution in [2.45, 2.75) is 24.9 Å². The van der Waals surface area contributed by atoms with E-state index in [0.717, 1.165) is 5.56 Å². The highest BCUT2D eigenvalue weighted by Crippen LogP contribution is 2.37. The van der Waals surface area contributed by atoms with Crippen molar-refractivity contribution < 1.29 is 23.9 Å². The molecule has 0 saturated carbocycles. The Labute approximate surface area is 162 Å². The van der Waals surface area contributed by atoms with E-state index in [4.69, 9.17) is 0 Å². The Bertz CT molecular complexity index is 870. The van der Waals surface area contributed by atoms with Gasteiger partial charge in [0.1, 0.15) is 11.9 Å². The maximum Gasteiger partial charge on any atom is 0.326 e. The lowest BCUT2D eigenvalue weighted by Gasteiger charge is -2.26. The molecule has 7 heteroatoms. The zero-order valence-electron chi connectivity index (χ0n) is 15.3. The predicted molar refractivity (Wildman–Crippen MR) is 99.7 cm³/mol. The van der Waals surface area contributed by atoms with E-state index in [-0.39, 0.29) is 18.7 Å². The summed E-state index contributed by atoms with van der Waals surface area (Å²) in [6.07, 6.45) is 0.113. The Morgan fingerprint density at radius 2 is 1.82 bits per heavy atom. The van der Waals surface area contributed by atoms with Gasteiger partial charge in [-0.2, -0.15) is 0 Å². The molecule has 0 bridgehead atoms. The molecule has 1 saturated heterocycles. The molecule has 28 heavy (non-hydrogen) atoms. The number of benzene rings is 2. The lowest BCUT2D eigenvalue weighted by molar-refractivity contribution is -0.142. The minimum Gasteiger partial charge on any atom is -0.480 e. The van der Waals surface area contributed by atoms with Crippen LogP contribution in [-0.2, 0) is 20.8 Å². The van der Waals surface area contributed by atoms with Gasteiger partial charge < -0.3 is 15.3 Å². The number of carbonyl (C=O) groups is 3. The molecule has 3 atom stereocenters. The lowest BCUT2D eigenvalue weighted by atomic mass is 9.92. The fraction of sp³-hybridized carbons (Fsp3) is 0.286. The number of nitrogens with zero attached hydrogens (tertiary/aromatic N) is 1. The largest absolute Gasteiger partial charge is 0.480 e. The van der Waals surface area contributed by atoms with Crippen molar-refractivity contribution in [2.24, 2.45) is 5.92 Å². The second-order valence-electron chi connectivity index (χ2n) is 6.90. The predicted octanol–water partition coefficient (Wildman–Crippen LogP) is 2.16. The van der Waals surface area contributed by atoms with Crippen molar-refractivity contribution in [1.29, 1.82) is 0 Å². The van der Waals surface area contributed by atoms with E-state index in [1.807, 2.05) is 6.07 Å². The van der Waals surface area contributed by atoms with Crippen molar-refractivity contribution in [1.82, 2.24) is 10.2 Å². The molecule has 1 heterocycles. The molecule has 0 aliphatic carbocycles. The van der Waals surface area contributed by atoms with Crippen LogP contribution in [0.3, 0.4) is 0 Å². The molecule has 3 unspecified atom stereocenters. The van der Waals surface area contributed by atoms with Gasteiger partial charge in [-0.05, 0) is 23.3 Å². The number of carbonyl (C=O) groups excluding carboxylic acids is 2. The van der Waals surface area contributed by atoms with Crippen molar-refractivity contribution in [3.05, 3.63) is 71.5 Å². The SMILES string of the molecule is CN1C(=O)CC(C(=O)NC(Cc2ccccc2)C(=O)O)C1c1ccc(F)cc1. The van der Waals surface area contributed by atoms with Crippen LogP contribution in [0.5, 0.6) is 0 Å². The fourth-order valence-corrected chi connectivity index (χ4v) is 3.55. The van der Waals surface area contributed by atoms with Crippen molar-refractivity contribution in [3.8, 4) is 0 Å². The number of carboxylic acids is 1. The average molecular weight is 384 g/mol. The zero-order valence-corrected chi connectivity index (χ0v) is 15.3. The van der Waals surface area contributed by atoms with E-state index in [0.29, 0.717) is 5.56 Å². The Morgan fingerprint density at radius 3 is 2.43 bits per heavy atom. The van der Waals surface area contributed by atoms with Gasteiger partial charge in [-0.3, -0.25) is 9.59 Å². The number of carboxylic acid groups (broad SMARTS) is 1. The van der Waals surface area contributed by atoms with Crippen LogP contribution in [0.15, 0.2) is 54.6 Å². The summed E-state index contributed by atoms with van der Waals surface area (Å²) >= 11 is 0. The van der Waals surface area contributed by atoms with Crippen molar-refractivity contribution in [2.75, 3.05) is 7.05 Å². The maximum atomic E-state index is 13.2. The number of halogens is 1. The van der Waals surface area contributed by atoms with Gasteiger partial charge in [0.25, 0.3) is 0 Å².